The van der Waals surface area contributed by atoms with Crippen molar-refractivity contribution in [2.75, 3.05) is 7.11 Å². The highest BCUT2D eigenvalue weighted by molar-refractivity contribution is 5.69. The van der Waals surface area contributed by atoms with Crippen LogP contribution < -0.4 is 4.74 Å². The number of rotatable bonds is 3. The van der Waals surface area contributed by atoms with Crippen LogP contribution in [0.3, 0.4) is 0 Å². The fourth-order valence-electron chi connectivity index (χ4n) is 1.67. The van der Waals surface area contributed by atoms with Crippen LogP contribution in [-0.2, 0) is 0 Å². The SMILES string of the molecule is COc1ccc(-c2cccc([N+](=O)[O-])c2)cc1O. The zero-order chi connectivity index (χ0) is 13.1. The molecule has 2 rings (SSSR count). The number of ether oxygens (including phenoxy) is 1. The summed E-state index contributed by atoms with van der Waals surface area (Å²) in [4.78, 5) is 10.2. The average molecular weight is 245 g/mol. The van der Waals surface area contributed by atoms with Crippen molar-refractivity contribution in [3.05, 3.63) is 52.6 Å². The van der Waals surface area contributed by atoms with Crippen LogP contribution in [0, 0.1) is 10.1 Å². The lowest BCUT2D eigenvalue weighted by molar-refractivity contribution is -0.384. The third kappa shape index (κ3) is 2.24. The van der Waals surface area contributed by atoms with Gasteiger partial charge in [-0.1, -0.05) is 18.2 Å². The van der Waals surface area contributed by atoms with Gasteiger partial charge in [0.25, 0.3) is 5.69 Å². The first kappa shape index (κ1) is 11.9. The Balaban J connectivity index is 2.45. The molecular weight excluding hydrogens is 234 g/mol. The number of hydrogen-bond donors (Lipinski definition) is 1. The van der Waals surface area contributed by atoms with Crippen LogP contribution in [0.25, 0.3) is 11.1 Å². The minimum Gasteiger partial charge on any atom is -0.504 e. The zero-order valence-corrected chi connectivity index (χ0v) is 9.66. The van der Waals surface area contributed by atoms with Gasteiger partial charge in [-0.15, -0.1) is 0 Å². The van der Waals surface area contributed by atoms with E-state index in [4.69, 9.17) is 4.74 Å². The maximum Gasteiger partial charge on any atom is 0.270 e. The monoisotopic (exact) mass is 245 g/mol. The first-order valence-corrected chi connectivity index (χ1v) is 5.23. The number of phenolic OH excluding ortho intramolecular Hbond substituents is 1. The van der Waals surface area contributed by atoms with Crippen LogP contribution in [0.5, 0.6) is 11.5 Å². The van der Waals surface area contributed by atoms with Gasteiger partial charge in [0.2, 0.25) is 0 Å². The number of hydrogen-bond acceptors (Lipinski definition) is 4. The number of nitro groups is 1. The summed E-state index contributed by atoms with van der Waals surface area (Å²) >= 11 is 0. The Labute approximate surface area is 103 Å². The standard InChI is InChI=1S/C13H11NO4/c1-18-13-6-5-10(8-12(13)15)9-3-2-4-11(7-9)14(16)17/h2-8,15H,1H3. The molecule has 0 saturated heterocycles. The number of non-ortho nitro benzene ring substituents is 1. The van der Waals surface area contributed by atoms with Crippen LogP contribution in [0.1, 0.15) is 0 Å². The molecule has 0 atom stereocenters. The number of methoxy groups -OCH3 is 1. The average Bonchev–Trinajstić information content (AvgIpc) is 2.38. The second-order valence-corrected chi connectivity index (χ2v) is 3.69. The van der Waals surface area contributed by atoms with E-state index in [9.17, 15) is 15.2 Å². The van der Waals surface area contributed by atoms with Gasteiger partial charge in [-0.05, 0) is 23.3 Å². The van der Waals surface area contributed by atoms with E-state index in [1.54, 1.807) is 24.3 Å². The van der Waals surface area contributed by atoms with Gasteiger partial charge in [0, 0.05) is 12.1 Å². The quantitative estimate of drug-likeness (QED) is 0.666. The fourth-order valence-corrected chi connectivity index (χ4v) is 1.67. The number of aromatic hydroxyl groups is 1. The Bertz CT molecular complexity index is 595. The van der Waals surface area contributed by atoms with Gasteiger partial charge < -0.3 is 9.84 Å². The highest BCUT2D eigenvalue weighted by Crippen LogP contribution is 2.32. The largest absolute Gasteiger partial charge is 0.504 e. The third-order valence-electron chi connectivity index (χ3n) is 2.57. The van der Waals surface area contributed by atoms with Crippen molar-refractivity contribution in [3.8, 4) is 22.6 Å². The van der Waals surface area contributed by atoms with Crippen molar-refractivity contribution in [1.29, 1.82) is 0 Å². The normalized spacial score (nSPS) is 10.1. The Morgan fingerprint density at radius 2 is 1.89 bits per heavy atom. The molecule has 0 unspecified atom stereocenters. The summed E-state index contributed by atoms with van der Waals surface area (Å²) in [5, 5.41) is 20.4. The van der Waals surface area contributed by atoms with Gasteiger partial charge in [-0.2, -0.15) is 0 Å². The lowest BCUT2D eigenvalue weighted by atomic mass is 10.0. The summed E-state index contributed by atoms with van der Waals surface area (Å²) in [6, 6.07) is 11.1. The first-order valence-electron chi connectivity index (χ1n) is 5.23. The van der Waals surface area contributed by atoms with Crippen molar-refractivity contribution in [2.45, 2.75) is 0 Å². The molecule has 0 aliphatic heterocycles. The summed E-state index contributed by atoms with van der Waals surface area (Å²) in [6.07, 6.45) is 0. The molecule has 0 aliphatic rings. The highest BCUT2D eigenvalue weighted by Gasteiger charge is 2.09. The Morgan fingerprint density at radius 3 is 2.50 bits per heavy atom. The van der Waals surface area contributed by atoms with E-state index in [0.29, 0.717) is 16.9 Å². The van der Waals surface area contributed by atoms with Gasteiger partial charge in [0.05, 0.1) is 12.0 Å². The maximum atomic E-state index is 10.7. The Hall–Kier alpha value is -2.56. The molecular formula is C13H11NO4. The fraction of sp³-hybridized carbons (Fsp3) is 0.0769. The molecule has 92 valence electrons. The lowest BCUT2D eigenvalue weighted by Crippen LogP contribution is -1.88. The topological polar surface area (TPSA) is 72.6 Å². The minimum absolute atomic E-state index is 0.00139. The summed E-state index contributed by atoms with van der Waals surface area (Å²) in [5.74, 6) is 0.366. The van der Waals surface area contributed by atoms with Gasteiger partial charge >= 0.3 is 0 Å². The van der Waals surface area contributed by atoms with E-state index in [0.717, 1.165) is 0 Å². The second kappa shape index (κ2) is 4.75. The van der Waals surface area contributed by atoms with E-state index >= 15 is 0 Å². The number of phenols is 1. The molecule has 1 N–H and O–H groups in total. The van der Waals surface area contributed by atoms with Gasteiger partial charge in [0.15, 0.2) is 11.5 Å². The zero-order valence-electron chi connectivity index (χ0n) is 9.66. The molecule has 0 spiro atoms. The van der Waals surface area contributed by atoms with E-state index < -0.39 is 4.92 Å². The predicted octanol–water partition coefficient (Wildman–Crippen LogP) is 2.98. The summed E-state index contributed by atoms with van der Waals surface area (Å²) in [7, 11) is 1.46. The van der Waals surface area contributed by atoms with E-state index in [1.165, 1.54) is 25.3 Å². The van der Waals surface area contributed by atoms with Crippen LogP contribution >= 0.6 is 0 Å². The molecule has 0 aromatic heterocycles. The maximum absolute atomic E-state index is 10.7. The molecule has 0 fully saturated rings. The van der Waals surface area contributed by atoms with E-state index in [1.807, 2.05) is 0 Å². The van der Waals surface area contributed by atoms with Gasteiger partial charge in [-0.25, -0.2) is 0 Å². The van der Waals surface area contributed by atoms with Crippen molar-refractivity contribution >= 4 is 5.69 Å². The Kier molecular flexibility index (Phi) is 3.14. The number of benzene rings is 2. The smallest absolute Gasteiger partial charge is 0.270 e. The lowest BCUT2D eigenvalue weighted by Gasteiger charge is -2.06. The molecule has 0 bridgehead atoms. The first-order chi connectivity index (χ1) is 8.61. The molecule has 0 radical (unpaired) electrons. The van der Waals surface area contributed by atoms with Crippen LogP contribution in [-0.4, -0.2) is 17.1 Å². The molecule has 0 heterocycles. The number of nitro benzene ring substituents is 1. The van der Waals surface area contributed by atoms with Crippen molar-refractivity contribution in [3.63, 3.8) is 0 Å². The molecule has 5 heteroatoms. The van der Waals surface area contributed by atoms with Crippen LogP contribution in [0.4, 0.5) is 5.69 Å². The molecule has 0 saturated carbocycles. The summed E-state index contributed by atoms with van der Waals surface area (Å²) in [6.45, 7) is 0. The summed E-state index contributed by atoms with van der Waals surface area (Å²) < 4.78 is 4.94. The van der Waals surface area contributed by atoms with Crippen LogP contribution in [0.15, 0.2) is 42.5 Å². The Morgan fingerprint density at radius 1 is 1.17 bits per heavy atom. The van der Waals surface area contributed by atoms with Gasteiger partial charge in [0.1, 0.15) is 0 Å². The molecule has 2 aromatic carbocycles. The van der Waals surface area contributed by atoms with Crippen LogP contribution in [0.2, 0.25) is 0 Å². The highest BCUT2D eigenvalue weighted by atomic mass is 16.6. The molecule has 5 nitrogen and oxygen atoms in total. The summed E-state index contributed by atoms with van der Waals surface area (Å²) in [5.41, 5.74) is 1.38. The predicted molar refractivity (Wildman–Crippen MR) is 66.7 cm³/mol. The molecule has 18 heavy (non-hydrogen) atoms. The van der Waals surface area contributed by atoms with Crippen molar-refractivity contribution in [1.82, 2.24) is 0 Å². The van der Waals surface area contributed by atoms with E-state index in [2.05, 4.69) is 0 Å². The van der Waals surface area contributed by atoms with Crippen molar-refractivity contribution < 1.29 is 14.8 Å². The minimum atomic E-state index is -0.452. The molecule has 0 amide bonds. The molecule has 0 aliphatic carbocycles. The van der Waals surface area contributed by atoms with E-state index in [-0.39, 0.29) is 11.4 Å². The second-order valence-electron chi connectivity index (χ2n) is 3.69. The number of nitrogens with zero attached hydrogens (tertiary/aromatic N) is 1. The molecule has 2 aromatic rings. The third-order valence-corrected chi connectivity index (χ3v) is 2.57. The van der Waals surface area contributed by atoms with Crippen molar-refractivity contribution in [2.24, 2.45) is 0 Å². The van der Waals surface area contributed by atoms with Gasteiger partial charge in [-0.3, -0.25) is 10.1 Å².